The van der Waals surface area contributed by atoms with E-state index in [1.165, 1.54) is 37.1 Å². The van der Waals surface area contributed by atoms with Crippen molar-refractivity contribution in [1.82, 2.24) is 9.80 Å². The zero-order valence-corrected chi connectivity index (χ0v) is 22.6. The van der Waals surface area contributed by atoms with Crippen molar-refractivity contribution in [3.8, 4) is 0 Å². The number of benzene rings is 2. The lowest BCUT2D eigenvalue weighted by Gasteiger charge is -2.28. The van der Waals surface area contributed by atoms with E-state index in [1.54, 1.807) is 30.5 Å². The van der Waals surface area contributed by atoms with Crippen molar-refractivity contribution < 1.29 is 37.7 Å². The van der Waals surface area contributed by atoms with E-state index >= 15 is 0 Å². The van der Waals surface area contributed by atoms with E-state index in [0.717, 1.165) is 49.5 Å². The first kappa shape index (κ1) is 30.1. The molecule has 1 aromatic heterocycles. The van der Waals surface area contributed by atoms with Crippen LogP contribution >= 0.6 is 0 Å². The fourth-order valence-corrected chi connectivity index (χ4v) is 5.38. The quantitative estimate of drug-likeness (QED) is 0.345. The lowest BCUT2D eigenvalue weighted by atomic mass is 10.0. The number of hydrogen-bond donors (Lipinski definition) is 2. The van der Waals surface area contributed by atoms with E-state index in [0.29, 0.717) is 18.7 Å². The predicted octanol–water partition coefficient (Wildman–Crippen LogP) is 5.07. The number of carboxylic acid groups (broad SMARTS) is 2. The van der Waals surface area contributed by atoms with Gasteiger partial charge >= 0.3 is 11.9 Å². The molecule has 3 heterocycles. The lowest BCUT2D eigenvalue weighted by Crippen LogP contribution is -2.40. The van der Waals surface area contributed by atoms with Crippen LogP contribution in [-0.4, -0.2) is 76.8 Å². The molecule has 2 aliphatic rings. The predicted molar refractivity (Wildman–Crippen MR) is 148 cm³/mol. The number of aliphatic carboxylic acids is 2. The molecule has 2 saturated heterocycles. The molecule has 5 rings (SSSR count). The molecule has 0 aliphatic carbocycles. The second kappa shape index (κ2) is 14.7. The van der Waals surface area contributed by atoms with Gasteiger partial charge < -0.3 is 19.4 Å². The topological polar surface area (TPSA) is 103 Å². The van der Waals surface area contributed by atoms with Gasteiger partial charge in [0.05, 0.1) is 12.9 Å². The van der Waals surface area contributed by atoms with Gasteiger partial charge in [-0.2, -0.15) is 0 Å². The van der Waals surface area contributed by atoms with Gasteiger partial charge in [-0.15, -0.1) is 0 Å². The summed E-state index contributed by atoms with van der Waals surface area (Å²) in [6.07, 6.45) is 9.25. The maximum absolute atomic E-state index is 13.5. The Balaban J connectivity index is 0.000000585. The Morgan fingerprint density at radius 1 is 0.927 bits per heavy atom. The number of ether oxygens (including phenoxy) is 1. The van der Waals surface area contributed by atoms with Crippen molar-refractivity contribution in [1.29, 1.82) is 0 Å². The van der Waals surface area contributed by atoms with Crippen LogP contribution in [0.4, 0.5) is 8.78 Å². The first-order valence-corrected chi connectivity index (χ1v) is 13.6. The molecule has 0 radical (unpaired) electrons. The van der Waals surface area contributed by atoms with E-state index in [2.05, 4.69) is 22.0 Å². The summed E-state index contributed by atoms with van der Waals surface area (Å²) in [6.45, 7) is 4.41. The number of likely N-dealkylation sites (tertiary alicyclic amines) is 1. The molecule has 0 amide bonds. The Morgan fingerprint density at radius 2 is 1.54 bits per heavy atom. The van der Waals surface area contributed by atoms with Crippen molar-refractivity contribution in [3.63, 3.8) is 0 Å². The van der Waals surface area contributed by atoms with Gasteiger partial charge in [0.2, 0.25) is 0 Å². The summed E-state index contributed by atoms with van der Waals surface area (Å²) in [5.74, 6) is -3.32. The summed E-state index contributed by atoms with van der Waals surface area (Å²) >= 11 is 0. The van der Waals surface area contributed by atoms with Crippen LogP contribution in [0.1, 0.15) is 42.3 Å². The second-order valence-electron chi connectivity index (χ2n) is 10.1. The highest BCUT2D eigenvalue weighted by molar-refractivity contribution is 6.27. The number of halogens is 2. The van der Waals surface area contributed by atoms with Gasteiger partial charge in [-0.25, -0.2) is 18.4 Å². The highest BCUT2D eigenvalue weighted by Crippen LogP contribution is 2.31. The number of fused-ring (bicyclic) bond motifs is 2. The largest absolute Gasteiger partial charge is 0.473 e. The summed E-state index contributed by atoms with van der Waals surface area (Å²) in [5.41, 5.74) is 1.73. The maximum atomic E-state index is 13.5. The van der Waals surface area contributed by atoms with Crippen LogP contribution in [0.25, 0.3) is 6.08 Å². The van der Waals surface area contributed by atoms with Crippen LogP contribution in [0.5, 0.6) is 0 Å². The summed E-state index contributed by atoms with van der Waals surface area (Å²) in [5, 5.41) is 14.8. The van der Waals surface area contributed by atoms with Crippen molar-refractivity contribution in [2.75, 3.05) is 32.8 Å². The van der Waals surface area contributed by atoms with Crippen molar-refractivity contribution >= 4 is 18.0 Å². The minimum atomic E-state index is -1.82. The minimum absolute atomic E-state index is 0.283. The number of furan rings is 1. The van der Waals surface area contributed by atoms with Crippen LogP contribution in [0.2, 0.25) is 0 Å². The standard InChI is InChI=1S/C29H32F2N2O2.C2H2O4/c30-24-9-5-22(6-10-24)29(23-7-11-25(31)12-8-23)35-20-18-32-17-15-26-13-14-27(21-32)33(26)16-1-3-28-4-2-19-34-28;3-1(4)2(5)6/h1-12,19,26-27,29H,13-18,20-21H2;(H,3,4)(H,5,6)/b3-1+;. The average Bonchev–Trinajstić information content (AvgIpc) is 3.56. The van der Waals surface area contributed by atoms with Gasteiger partial charge in [-0.3, -0.25) is 9.80 Å². The van der Waals surface area contributed by atoms with Gasteiger partial charge in [0.1, 0.15) is 23.5 Å². The van der Waals surface area contributed by atoms with Gasteiger partial charge in [0, 0.05) is 31.7 Å². The number of rotatable bonds is 9. The molecule has 2 aliphatic heterocycles. The highest BCUT2D eigenvalue weighted by atomic mass is 19.1. The molecule has 2 atom stereocenters. The Labute approximate surface area is 237 Å². The van der Waals surface area contributed by atoms with E-state index in [1.807, 2.05) is 12.1 Å². The average molecular weight is 569 g/mol. The smallest absolute Gasteiger partial charge is 0.414 e. The maximum Gasteiger partial charge on any atom is 0.414 e. The zero-order valence-electron chi connectivity index (χ0n) is 22.6. The SMILES string of the molecule is Fc1ccc(C(OCCN2CCC3CCC(C2)N3C/C=C/c2ccco2)c2ccc(F)cc2)cc1.O=C(O)C(=O)O. The van der Waals surface area contributed by atoms with Crippen LogP contribution in [0, 0.1) is 11.6 Å². The normalized spacial score (nSPS) is 19.2. The molecule has 41 heavy (non-hydrogen) atoms. The molecule has 0 saturated carbocycles. The second-order valence-corrected chi connectivity index (χ2v) is 10.1. The first-order valence-electron chi connectivity index (χ1n) is 13.6. The van der Waals surface area contributed by atoms with E-state index < -0.39 is 11.9 Å². The van der Waals surface area contributed by atoms with Gasteiger partial charge in [0.15, 0.2) is 0 Å². The Kier molecular flexibility index (Phi) is 10.8. The lowest BCUT2D eigenvalue weighted by molar-refractivity contribution is -0.159. The molecule has 2 aromatic carbocycles. The van der Waals surface area contributed by atoms with Crippen molar-refractivity contribution in [2.45, 2.75) is 37.5 Å². The molecular weight excluding hydrogens is 534 g/mol. The van der Waals surface area contributed by atoms with Crippen molar-refractivity contribution in [3.05, 3.63) is 102 Å². The Morgan fingerprint density at radius 3 is 2.10 bits per heavy atom. The first-order chi connectivity index (χ1) is 19.8. The molecule has 2 unspecified atom stereocenters. The zero-order chi connectivity index (χ0) is 29.2. The van der Waals surface area contributed by atoms with Crippen LogP contribution in [0.3, 0.4) is 0 Å². The Hall–Kier alpha value is -3.86. The molecule has 0 spiro atoms. The molecule has 2 bridgehead atoms. The third kappa shape index (κ3) is 8.81. The third-order valence-electron chi connectivity index (χ3n) is 7.38. The van der Waals surface area contributed by atoms with E-state index in [4.69, 9.17) is 29.0 Å². The number of carboxylic acids is 2. The highest BCUT2D eigenvalue weighted by Gasteiger charge is 2.36. The summed E-state index contributed by atoms with van der Waals surface area (Å²) in [6, 6.07) is 17.8. The third-order valence-corrected chi connectivity index (χ3v) is 7.38. The molecule has 218 valence electrons. The summed E-state index contributed by atoms with van der Waals surface area (Å²) in [4.78, 5) is 23.3. The van der Waals surface area contributed by atoms with Crippen LogP contribution in [0.15, 0.2) is 77.4 Å². The number of nitrogens with zero attached hydrogens (tertiary/aromatic N) is 2. The Bertz CT molecular complexity index is 1220. The molecular formula is C31H34F2N2O6. The van der Waals surface area contributed by atoms with Gasteiger partial charge in [-0.1, -0.05) is 30.3 Å². The van der Waals surface area contributed by atoms with Gasteiger partial charge in [-0.05, 0) is 79.4 Å². The minimum Gasteiger partial charge on any atom is -0.473 e. The molecule has 3 aromatic rings. The summed E-state index contributed by atoms with van der Waals surface area (Å²) in [7, 11) is 0. The monoisotopic (exact) mass is 568 g/mol. The van der Waals surface area contributed by atoms with E-state index in [9.17, 15) is 8.78 Å². The number of carbonyl (C=O) groups is 2. The summed E-state index contributed by atoms with van der Waals surface area (Å²) < 4.78 is 38.7. The van der Waals surface area contributed by atoms with Crippen LogP contribution < -0.4 is 0 Å². The molecule has 8 nitrogen and oxygen atoms in total. The van der Waals surface area contributed by atoms with Crippen LogP contribution in [-0.2, 0) is 14.3 Å². The van der Waals surface area contributed by atoms with E-state index in [-0.39, 0.29) is 17.7 Å². The van der Waals surface area contributed by atoms with Crippen molar-refractivity contribution in [2.24, 2.45) is 0 Å². The fraction of sp³-hybridized carbons (Fsp3) is 0.355. The number of hydrogen-bond acceptors (Lipinski definition) is 6. The fourth-order valence-electron chi connectivity index (χ4n) is 5.38. The van der Waals surface area contributed by atoms with Gasteiger partial charge in [0.25, 0.3) is 0 Å². The molecule has 2 fully saturated rings. The molecule has 10 heteroatoms. The molecule has 2 N–H and O–H groups in total.